The maximum Gasteiger partial charge on any atom is 0.173 e. The van der Waals surface area contributed by atoms with Crippen LogP contribution in [-0.4, -0.2) is 73.7 Å². The van der Waals surface area contributed by atoms with Gasteiger partial charge in [0, 0.05) is 39.0 Å². The third-order valence-corrected chi connectivity index (χ3v) is 7.01. The Morgan fingerprint density at radius 3 is 1.77 bits per heavy atom. The zero-order valence-electron chi connectivity index (χ0n) is 21.7. The smallest absolute Gasteiger partial charge is 0.173 e. The lowest BCUT2D eigenvalue weighted by atomic mass is 9.83. The summed E-state index contributed by atoms with van der Waals surface area (Å²) in [7, 11) is -1.24. The molecule has 2 N–H and O–H groups in total. The Balaban J connectivity index is 1.64. The van der Waals surface area contributed by atoms with Gasteiger partial charge in [-0.3, -0.25) is 4.21 Å². The largest absolute Gasteiger partial charge is 0.508 e. The number of aromatic nitrogens is 8. The Hall–Kier alpha value is -5.11. The van der Waals surface area contributed by atoms with Gasteiger partial charge in [0.1, 0.15) is 11.5 Å². The summed E-state index contributed by atoms with van der Waals surface area (Å²) in [6.45, 7) is 3.44. The molecule has 1 unspecified atom stereocenters. The lowest BCUT2D eigenvalue weighted by Crippen LogP contribution is -2.07. The van der Waals surface area contributed by atoms with Crippen LogP contribution < -0.4 is 0 Å². The van der Waals surface area contributed by atoms with Crippen molar-refractivity contribution in [2.75, 3.05) is 6.26 Å². The van der Waals surface area contributed by atoms with Gasteiger partial charge in [-0.15, -0.1) is 19.8 Å². The molecule has 0 aliphatic carbocycles. The Bertz CT molecular complexity index is 1660. The molecule has 0 spiro atoms. The molecule has 0 saturated heterocycles. The van der Waals surface area contributed by atoms with E-state index in [2.05, 4.69) is 41.3 Å². The number of aryl methyl sites for hydroxylation is 2. The minimum absolute atomic E-state index is 0.00608. The average Bonchev–Trinajstić information content (AvgIpc) is 3.56. The van der Waals surface area contributed by atoms with Gasteiger partial charge >= 0.3 is 0 Å². The van der Waals surface area contributed by atoms with Crippen molar-refractivity contribution in [2.45, 2.75) is 24.7 Å². The summed E-state index contributed by atoms with van der Waals surface area (Å²) in [5.74, 6) is 0.392. The highest BCUT2D eigenvalue weighted by molar-refractivity contribution is 7.84. The van der Waals surface area contributed by atoms with E-state index >= 15 is 0 Å². The molecule has 0 bridgehead atoms. The minimum Gasteiger partial charge on any atom is -0.508 e. The van der Waals surface area contributed by atoms with Gasteiger partial charge in [-0.25, -0.2) is 0 Å². The van der Waals surface area contributed by atoms with Crippen molar-refractivity contribution >= 4 is 23.2 Å². The number of rotatable bonds is 8. The maximum absolute atomic E-state index is 12.3. The van der Waals surface area contributed by atoms with Crippen molar-refractivity contribution < 1.29 is 14.4 Å². The van der Waals surface area contributed by atoms with Gasteiger partial charge < -0.3 is 10.2 Å². The third kappa shape index (κ3) is 5.66. The molecule has 13 nitrogen and oxygen atoms in total. The molecule has 2 heterocycles. The number of hydrogen-bond acceptors (Lipinski definition) is 11. The van der Waals surface area contributed by atoms with Crippen molar-refractivity contribution in [1.82, 2.24) is 40.6 Å². The number of phenols is 2. The zero-order chi connectivity index (χ0) is 28.2. The number of nitrogens with zero attached hydrogens (tertiary/aromatic N) is 10. The normalized spacial score (nSPS) is 12.6. The standard InChI is InChI=1S/C26H24N10O3S/c1-16-29-31-33-35(16)27-14-18-7-9-24(37)22(11-18)26(20-5-4-6-21(13-20)40(3)39)23-12-19(8-10-25(23)38)15-28-36-17(2)30-32-34-36/h4-15,26,37-38H,1-3H3/b27-14+,28-15+. The van der Waals surface area contributed by atoms with Crippen molar-refractivity contribution in [1.29, 1.82) is 0 Å². The SMILES string of the molecule is Cc1nnnn1/N=C/c1ccc(O)c(C(c2cccc(S(C)=O)c2)c2cc(/C=N/n3nnnc3C)ccc2O)c1. The van der Waals surface area contributed by atoms with Crippen LogP contribution in [0.5, 0.6) is 11.5 Å². The van der Waals surface area contributed by atoms with E-state index in [1.807, 2.05) is 6.07 Å². The Kier molecular flexibility index (Phi) is 7.50. The second-order valence-electron chi connectivity index (χ2n) is 8.82. The van der Waals surface area contributed by atoms with Gasteiger partial charge in [-0.2, -0.15) is 10.2 Å². The molecule has 0 aliphatic heterocycles. The molecule has 2 aromatic heterocycles. The zero-order valence-corrected chi connectivity index (χ0v) is 22.5. The average molecular weight is 557 g/mol. The van der Waals surface area contributed by atoms with E-state index in [0.717, 1.165) is 0 Å². The molecule has 0 saturated carbocycles. The van der Waals surface area contributed by atoms with Crippen molar-refractivity contribution in [3.63, 3.8) is 0 Å². The summed E-state index contributed by atoms with van der Waals surface area (Å²) in [4.78, 5) is 3.18. The van der Waals surface area contributed by atoms with Gasteiger partial charge in [-0.05, 0) is 99.9 Å². The Morgan fingerprint density at radius 1 is 0.800 bits per heavy atom. The lowest BCUT2D eigenvalue weighted by Gasteiger charge is -2.22. The molecule has 0 amide bonds. The van der Waals surface area contributed by atoms with Gasteiger partial charge in [0.05, 0.1) is 12.4 Å². The second-order valence-corrected chi connectivity index (χ2v) is 10.2. The molecule has 5 aromatic rings. The van der Waals surface area contributed by atoms with E-state index in [0.29, 0.717) is 44.4 Å². The molecule has 0 radical (unpaired) electrons. The first-order valence-electron chi connectivity index (χ1n) is 12.0. The maximum atomic E-state index is 12.3. The predicted octanol–water partition coefficient (Wildman–Crippen LogP) is 2.37. The number of benzene rings is 3. The predicted molar refractivity (Wildman–Crippen MR) is 147 cm³/mol. The van der Waals surface area contributed by atoms with Crippen LogP contribution >= 0.6 is 0 Å². The second kappa shape index (κ2) is 11.3. The number of phenolic OH excluding ortho intramolecular Hbond substituents is 2. The summed E-state index contributed by atoms with van der Waals surface area (Å²) in [6.07, 6.45) is 4.73. The highest BCUT2D eigenvalue weighted by Crippen LogP contribution is 2.41. The summed E-state index contributed by atoms with van der Waals surface area (Å²) in [6, 6.07) is 17.3. The van der Waals surface area contributed by atoms with E-state index in [9.17, 15) is 14.4 Å². The van der Waals surface area contributed by atoms with Gasteiger partial charge in [-0.1, -0.05) is 12.1 Å². The molecule has 5 rings (SSSR count). The quantitative estimate of drug-likeness (QED) is 0.215. The molecule has 0 aliphatic rings. The molecular formula is C26H24N10O3S. The molecule has 1 atom stereocenters. The van der Waals surface area contributed by atoms with Crippen LogP contribution in [0.25, 0.3) is 0 Å². The van der Waals surface area contributed by atoms with Crippen LogP contribution in [0.3, 0.4) is 0 Å². The summed E-state index contributed by atoms with van der Waals surface area (Å²) in [5.41, 5.74) is 3.03. The van der Waals surface area contributed by atoms with Crippen molar-refractivity contribution in [3.05, 3.63) is 100 Å². The highest BCUT2D eigenvalue weighted by atomic mass is 32.2. The van der Waals surface area contributed by atoms with Gasteiger partial charge in [0.25, 0.3) is 0 Å². The Morgan fingerprint density at radius 2 is 1.32 bits per heavy atom. The van der Waals surface area contributed by atoms with E-state index < -0.39 is 16.7 Å². The van der Waals surface area contributed by atoms with Crippen LogP contribution in [0.15, 0.2) is 75.8 Å². The fourth-order valence-corrected chi connectivity index (χ4v) is 4.65. The first-order valence-corrected chi connectivity index (χ1v) is 13.5. The van der Waals surface area contributed by atoms with Crippen LogP contribution in [0.1, 0.15) is 45.4 Å². The van der Waals surface area contributed by atoms with E-state index in [1.54, 1.807) is 87.1 Å². The monoisotopic (exact) mass is 556 g/mol. The molecule has 40 heavy (non-hydrogen) atoms. The number of tetrazole rings is 2. The van der Waals surface area contributed by atoms with E-state index in [4.69, 9.17) is 0 Å². The molecular weight excluding hydrogens is 532 g/mol. The number of hydrogen-bond donors (Lipinski definition) is 2. The van der Waals surface area contributed by atoms with Gasteiger partial charge in [0.15, 0.2) is 11.6 Å². The lowest BCUT2D eigenvalue weighted by molar-refractivity contribution is 0.458. The van der Waals surface area contributed by atoms with Crippen molar-refractivity contribution in [2.24, 2.45) is 10.2 Å². The third-order valence-electron chi connectivity index (χ3n) is 6.09. The molecule has 3 aromatic carbocycles. The van der Waals surface area contributed by atoms with Crippen LogP contribution in [0.2, 0.25) is 0 Å². The van der Waals surface area contributed by atoms with Crippen LogP contribution in [0.4, 0.5) is 0 Å². The first-order chi connectivity index (χ1) is 19.3. The fraction of sp³-hybridized carbons (Fsp3) is 0.154. The fourth-order valence-electron chi connectivity index (χ4n) is 4.08. The van der Waals surface area contributed by atoms with Gasteiger partial charge in [0.2, 0.25) is 0 Å². The molecule has 0 fully saturated rings. The first kappa shape index (κ1) is 26.5. The van der Waals surface area contributed by atoms with Crippen LogP contribution in [0, 0.1) is 13.8 Å². The minimum atomic E-state index is -1.24. The summed E-state index contributed by atoms with van der Waals surface area (Å²) < 4.78 is 12.3. The molecule has 202 valence electrons. The van der Waals surface area contributed by atoms with Crippen LogP contribution in [-0.2, 0) is 10.8 Å². The Labute approximate surface area is 231 Å². The van der Waals surface area contributed by atoms with E-state index in [-0.39, 0.29) is 11.5 Å². The summed E-state index contributed by atoms with van der Waals surface area (Å²) in [5, 5.41) is 53.1. The number of aromatic hydroxyl groups is 2. The topological polar surface area (TPSA) is 169 Å². The van der Waals surface area contributed by atoms with Crippen molar-refractivity contribution in [3.8, 4) is 11.5 Å². The highest BCUT2D eigenvalue weighted by Gasteiger charge is 2.24. The van der Waals surface area contributed by atoms with E-state index in [1.165, 1.54) is 9.58 Å². The summed E-state index contributed by atoms with van der Waals surface area (Å²) >= 11 is 0. The molecule has 14 heteroatoms.